The molecule has 3 heterocycles. The summed E-state index contributed by atoms with van der Waals surface area (Å²) >= 11 is 0. The highest BCUT2D eigenvalue weighted by Crippen LogP contribution is 2.21. The van der Waals surface area contributed by atoms with Gasteiger partial charge < -0.3 is 10.1 Å². The van der Waals surface area contributed by atoms with Gasteiger partial charge in [0.1, 0.15) is 6.33 Å². The van der Waals surface area contributed by atoms with Gasteiger partial charge in [0.2, 0.25) is 11.8 Å². The van der Waals surface area contributed by atoms with E-state index in [0.29, 0.717) is 11.8 Å². The molecule has 3 aromatic rings. The molecule has 3 aromatic heterocycles. The average Bonchev–Trinajstić information content (AvgIpc) is 2.56. The van der Waals surface area contributed by atoms with Gasteiger partial charge in [0, 0.05) is 24.0 Å². The molecule has 21 heavy (non-hydrogen) atoms. The Balaban J connectivity index is 1.89. The zero-order valence-electron chi connectivity index (χ0n) is 11.3. The van der Waals surface area contributed by atoms with E-state index < -0.39 is 0 Å². The molecule has 0 unspecified atom stereocenters. The number of nitrogens with zero attached hydrogens (tertiary/aromatic N) is 5. The van der Waals surface area contributed by atoms with Crippen LogP contribution in [0.4, 0.5) is 11.6 Å². The first-order chi connectivity index (χ1) is 10.3. The predicted molar refractivity (Wildman–Crippen MR) is 77.1 cm³/mol. The molecule has 0 fully saturated rings. The maximum atomic E-state index is 5.12. The van der Waals surface area contributed by atoms with E-state index in [-0.39, 0.29) is 0 Å². The monoisotopic (exact) mass is 280 g/mol. The van der Waals surface area contributed by atoms with Crippen LogP contribution in [0.5, 0.6) is 5.88 Å². The molecule has 1 N–H and O–H groups in total. The Kier molecular flexibility index (Phi) is 3.64. The minimum Gasteiger partial charge on any atom is -0.481 e. The molecular formula is C14H12N6O. The second-order valence-electron chi connectivity index (χ2n) is 4.10. The van der Waals surface area contributed by atoms with Crippen LogP contribution >= 0.6 is 0 Å². The van der Waals surface area contributed by atoms with Crippen molar-refractivity contribution in [2.75, 3.05) is 12.4 Å². The first-order valence-electron chi connectivity index (χ1n) is 6.20. The fraction of sp³-hybridized carbons (Fsp3) is 0.0714. The van der Waals surface area contributed by atoms with Gasteiger partial charge in [-0.3, -0.25) is 0 Å². The average molecular weight is 280 g/mol. The van der Waals surface area contributed by atoms with Gasteiger partial charge in [-0.25, -0.2) is 24.9 Å². The molecule has 0 saturated heterocycles. The van der Waals surface area contributed by atoms with E-state index in [4.69, 9.17) is 4.74 Å². The van der Waals surface area contributed by atoms with Gasteiger partial charge in [0.15, 0.2) is 0 Å². The zero-order valence-corrected chi connectivity index (χ0v) is 11.3. The standard InChI is InChI=1S/C14H12N6O/c1-21-13-6-10(2-4-17-13)12-3-5-18-14(20-12)19-11-7-15-9-16-8-11/h2-9H,1H3,(H,18,19,20). The summed E-state index contributed by atoms with van der Waals surface area (Å²) in [7, 11) is 1.58. The molecule has 3 rings (SSSR count). The molecule has 0 aliphatic heterocycles. The molecule has 7 nitrogen and oxygen atoms in total. The van der Waals surface area contributed by atoms with E-state index in [0.717, 1.165) is 16.9 Å². The molecule has 7 heteroatoms. The molecule has 0 amide bonds. The summed E-state index contributed by atoms with van der Waals surface area (Å²) in [5.41, 5.74) is 2.39. The van der Waals surface area contributed by atoms with Crippen molar-refractivity contribution in [3.63, 3.8) is 0 Å². The molecule has 0 saturated carbocycles. The van der Waals surface area contributed by atoms with Crippen LogP contribution in [0.1, 0.15) is 0 Å². The van der Waals surface area contributed by atoms with Crippen molar-refractivity contribution in [1.82, 2.24) is 24.9 Å². The van der Waals surface area contributed by atoms with Crippen molar-refractivity contribution in [3.05, 3.63) is 49.3 Å². The lowest BCUT2D eigenvalue weighted by molar-refractivity contribution is 0.398. The van der Waals surface area contributed by atoms with E-state index in [1.54, 1.807) is 31.9 Å². The molecule has 0 atom stereocenters. The highest BCUT2D eigenvalue weighted by atomic mass is 16.5. The smallest absolute Gasteiger partial charge is 0.227 e. The number of nitrogens with one attached hydrogen (secondary N) is 1. The molecular weight excluding hydrogens is 268 g/mol. The number of aromatic nitrogens is 5. The minimum absolute atomic E-state index is 0.470. The third-order valence-corrected chi connectivity index (χ3v) is 2.71. The van der Waals surface area contributed by atoms with E-state index >= 15 is 0 Å². The van der Waals surface area contributed by atoms with Crippen LogP contribution in [0.25, 0.3) is 11.3 Å². The highest BCUT2D eigenvalue weighted by molar-refractivity contribution is 5.62. The van der Waals surface area contributed by atoms with Crippen molar-refractivity contribution < 1.29 is 4.74 Å². The van der Waals surface area contributed by atoms with Crippen LogP contribution in [0.2, 0.25) is 0 Å². The topological polar surface area (TPSA) is 85.7 Å². The van der Waals surface area contributed by atoms with Gasteiger partial charge in [-0.15, -0.1) is 0 Å². The van der Waals surface area contributed by atoms with Crippen molar-refractivity contribution in [2.24, 2.45) is 0 Å². The van der Waals surface area contributed by atoms with Gasteiger partial charge in [0.05, 0.1) is 30.9 Å². The fourth-order valence-electron chi connectivity index (χ4n) is 1.75. The van der Waals surface area contributed by atoms with E-state index in [1.807, 2.05) is 18.2 Å². The predicted octanol–water partition coefficient (Wildman–Crippen LogP) is 2.08. The number of hydrogen-bond donors (Lipinski definition) is 1. The summed E-state index contributed by atoms with van der Waals surface area (Å²) in [6.07, 6.45) is 8.12. The Hall–Kier alpha value is -3.09. The number of ether oxygens (including phenoxy) is 1. The Morgan fingerprint density at radius 1 is 1.05 bits per heavy atom. The number of hydrogen-bond acceptors (Lipinski definition) is 7. The van der Waals surface area contributed by atoms with Gasteiger partial charge in [0.25, 0.3) is 0 Å². The molecule has 0 spiro atoms. The summed E-state index contributed by atoms with van der Waals surface area (Å²) < 4.78 is 5.12. The van der Waals surface area contributed by atoms with Crippen molar-refractivity contribution >= 4 is 11.6 Å². The maximum absolute atomic E-state index is 5.12. The van der Waals surface area contributed by atoms with Gasteiger partial charge in [-0.2, -0.15) is 0 Å². The lowest BCUT2D eigenvalue weighted by Gasteiger charge is -2.06. The van der Waals surface area contributed by atoms with Crippen LogP contribution in [0, 0.1) is 0 Å². The van der Waals surface area contributed by atoms with Gasteiger partial charge in [-0.1, -0.05) is 0 Å². The summed E-state index contributed by atoms with van der Waals surface area (Å²) in [6, 6.07) is 5.50. The van der Waals surface area contributed by atoms with Gasteiger partial charge >= 0.3 is 0 Å². The van der Waals surface area contributed by atoms with Gasteiger partial charge in [-0.05, 0) is 12.1 Å². The molecule has 0 aliphatic rings. The Morgan fingerprint density at radius 2 is 1.86 bits per heavy atom. The molecule has 0 bridgehead atoms. The highest BCUT2D eigenvalue weighted by Gasteiger charge is 2.04. The van der Waals surface area contributed by atoms with Crippen LogP contribution in [0.3, 0.4) is 0 Å². The number of methoxy groups -OCH3 is 1. The van der Waals surface area contributed by atoms with E-state index in [2.05, 4.69) is 30.2 Å². The van der Waals surface area contributed by atoms with E-state index in [9.17, 15) is 0 Å². The zero-order chi connectivity index (χ0) is 14.5. The summed E-state index contributed by atoms with van der Waals surface area (Å²) in [6.45, 7) is 0. The second kappa shape index (κ2) is 5.91. The first-order valence-corrected chi connectivity index (χ1v) is 6.20. The van der Waals surface area contributed by atoms with Crippen LogP contribution in [-0.2, 0) is 0 Å². The van der Waals surface area contributed by atoms with Crippen LogP contribution in [0.15, 0.2) is 49.3 Å². The molecule has 0 aromatic carbocycles. The second-order valence-corrected chi connectivity index (χ2v) is 4.10. The van der Waals surface area contributed by atoms with E-state index in [1.165, 1.54) is 6.33 Å². The maximum Gasteiger partial charge on any atom is 0.227 e. The van der Waals surface area contributed by atoms with Crippen molar-refractivity contribution in [1.29, 1.82) is 0 Å². The largest absolute Gasteiger partial charge is 0.481 e. The Morgan fingerprint density at radius 3 is 2.67 bits per heavy atom. The normalized spacial score (nSPS) is 10.1. The summed E-state index contributed by atoms with van der Waals surface area (Å²) in [5, 5.41) is 3.05. The Bertz CT molecular complexity index is 734. The summed E-state index contributed by atoms with van der Waals surface area (Å²) in [4.78, 5) is 20.6. The lowest BCUT2D eigenvalue weighted by atomic mass is 10.2. The molecule has 104 valence electrons. The number of rotatable bonds is 4. The lowest BCUT2D eigenvalue weighted by Crippen LogP contribution is -1.98. The summed E-state index contributed by atoms with van der Waals surface area (Å²) in [5.74, 6) is 1.01. The fourth-order valence-corrected chi connectivity index (χ4v) is 1.75. The SMILES string of the molecule is COc1cc(-c2ccnc(Nc3cncnc3)n2)ccn1. The first kappa shape index (κ1) is 12.9. The van der Waals surface area contributed by atoms with Crippen LogP contribution in [-0.4, -0.2) is 32.0 Å². The third kappa shape index (κ3) is 3.08. The van der Waals surface area contributed by atoms with Crippen LogP contribution < -0.4 is 10.1 Å². The number of pyridine rings is 1. The van der Waals surface area contributed by atoms with Crippen molar-refractivity contribution in [2.45, 2.75) is 0 Å². The Labute approximate surface area is 121 Å². The third-order valence-electron chi connectivity index (χ3n) is 2.71. The quantitative estimate of drug-likeness (QED) is 0.783. The minimum atomic E-state index is 0.470. The molecule has 0 radical (unpaired) electrons. The number of anilines is 2. The molecule has 0 aliphatic carbocycles. The van der Waals surface area contributed by atoms with Crippen molar-refractivity contribution in [3.8, 4) is 17.1 Å².